The summed E-state index contributed by atoms with van der Waals surface area (Å²) in [6.45, 7) is 5.79. The number of hydrogen-bond donors (Lipinski definition) is 3. The second-order valence-corrected chi connectivity index (χ2v) is 8.06. The van der Waals surface area contributed by atoms with Crippen molar-refractivity contribution < 1.29 is 43.9 Å². The third kappa shape index (κ3) is 3.76. The van der Waals surface area contributed by atoms with E-state index in [9.17, 15) is 24.9 Å². The average Bonchev–Trinajstić information content (AvgIpc) is 3.11. The third-order valence-electron chi connectivity index (χ3n) is 5.60. The van der Waals surface area contributed by atoms with Crippen molar-refractivity contribution in [1.29, 1.82) is 0 Å². The number of esters is 2. The van der Waals surface area contributed by atoms with E-state index in [1.165, 1.54) is 14.0 Å². The van der Waals surface area contributed by atoms with E-state index in [0.29, 0.717) is 6.42 Å². The molecular formula is C20H26O9. The van der Waals surface area contributed by atoms with Crippen molar-refractivity contribution in [2.45, 2.75) is 56.2 Å². The highest BCUT2D eigenvalue weighted by molar-refractivity contribution is 5.95. The number of rotatable bonds is 5. The van der Waals surface area contributed by atoms with Crippen LogP contribution in [0.25, 0.3) is 0 Å². The molecule has 29 heavy (non-hydrogen) atoms. The molecule has 3 heterocycles. The molecular weight excluding hydrogens is 384 g/mol. The van der Waals surface area contributed by atoms with Crippen molar-refractivity contribution in [1.82, 2.24) is 0 Å². The van der Waals surface area contributed by atoms with Gasteiger partial charge in [-0.3, -0.25) is 0 Å². The Balaban J connectivity index is 2.16. The fourth-order valence-corrected chi connectivity index (χ4v) is 3.88. The van der Waals surface area contributed by atoms with Gasteiger partial charge < -0.3 is 34.3 Å². The number of hydrogen-bond acceptors (Lipinski definition) is 9. The van der Waals surface area contributed by atoms with Gasteiger partial charge in [-0.25, -0.2) is 9.59 Å². The minimum Gasteiger partial charge on any atom is -0.454 e. The number of carbonyl (C=O) groups is 2. The molecule has 0 aromatic rings. The van der Waals surface area contributed by atoms with Crippen molar-refractivity contribution in [2.24, 2.45) is 0 Å². The van der Waals surface area contributed by atoms with Crippen molar-refractivity contribution in [3.8, 4) is 0 Å². The van der Waals surface area contributed by atoms with Gasteiger partial charge in [0.1, 0.15) is 17.5 Å². The second-order valence-electron chi connectivity index (χ2n) is 8.06. The van der Waals surface area contributed by atoms with Gasteiger partial charge in [-0.1, -0.05) is 6.58 Å². The van der Waals surface area contributed by atoms with Gasteiger partial charge in [0.05, 0.1) is 30.0 Å². The van der Waals surface area contributed by atoms with Crippen LogP contribution in [0.2, 0.25) is 0 Å². The highest BCUT2D eigenvalue weighted by atomic mass is 16.7. The quantitative estimate of drug-likeness (QED) is 0.431. The van der Waals surface area contributed by atoms with Gasteiger partial charge >= 0.3 is 11.9 Å². The Hall–Kier alpha value is -2.04. The zero-order valence-electron chi connectivity index (χ0n) is 16.7. The van der Waals surface area contributed by atoms with E-state index in [2.05, 4.69) is 6.58 Å². The standard InChI is InChI=1S/C20H26O9/c1-11(9-21)16(22)27-14-8-19(3,24)20(25)6-5-18(2,29-20)7-13-15(14)12(10-26-4)17(23)28-13/h7,14,21,24-25H,1,5-6,8-10H2,2-4H3. The van der Waals surface area contributed by atoms with Crippen molar-refractivity contribution in [2.75, 3.05) is 20.3 Å². The molecule has 0 spiro atoms. The fraction of sp³-hybridized carbons (Fsp3) is 0.600. The second kappa shape index (κ2) is 7.33. The molecule has 0 aromatic heterocycles. The molecule has 9 heteroatoms. The van der Waals surface area contributed by atoms with Gasteiger partial charge in [-0.05, 0) is 26.3 Å². The molecule has 9 nitrogen and oxygen atoms in total. The first-order chi connectivity index (χ1) is 13.5. The van der Waals surface area contributed by atoms with E-state index < -0.39 is 41.6 Å². The summed E-state index contributed by atoms with van der Waals surface area (Å²) in [5.41, 5.74) is -2.68. The van der Waals surface area contributed by atoms with Crippen LogP contribution in [0.1, 0.15) is 33.1 Å². The summed E-state index contributed by atoms with van der Waals surface area (Å²) < 4.78 is 21.8. The van der Waals surface area contributed by atoms with Gasteiger partial charge in [0.2, 0.25) is 0 Å². The third-order valence-corrected chi connectivity index (χ3v) is 5.60. The molecule has 0 aromatic carbocycles. The van der Waals surface area contributed by atoms with Gasteiger partial charge in [-0.2, -0.15) is 0 Å². The Morgan fingerprint density at radius 1 is 1.34 bits per heavy atom. The maximum atomic E-state index is 12.4. The van der Waals surface area contributed by atoms with Gasteiger partial charge in [-0.15, -0.1) is 0 Å². The van der Waals surface area contributed by atoms with Crippen LogP contribution in [-0.4, -0.2) is 70.7 Å². The molecule has 0 amide bonds. The number of aliphatic hydroxyl groups is 3. The molecule has 4 atom stereocenters. The summed E-state index contributed by atoms with van der Waals surface area (Å²) in [6.07, 6.45) is 0.575. The molecule has 1 fully saturated rings. The molecule has 3 aliphatic rings. The summed E-state index contributed by atoms with van der Waals surface area (Å²) in [5.74, 6) is -3.34. The maximum Gasteiger partial charge on any atom is 0.342 e. The van der Waals surface area contributed by atoms with Crippen LogP contribution in [0.4, 0.5) is 0 Å². The van der Waals surface area contributed by atoms with Crippen LogP contribution in [0.5, 0.6) is 0 Å². The SMILES string of the molecule is C=C(CO)C(=O)OC1CC(C)(O)C2(O)CCC(C)(C=C3OC(=O)C(COC)=C31)O2. The number of carbonyl (C=O) groups excluding carboxylic acids is 2. The van der Waals surface area contributed by atoms with Crippen LogP contribution >= 0.6 is 0 Å². The monoisotopic (exact) mass is 410 g/mol. The van der Waals surface area contributed by atoms with E-state index in [1.807, 2.05) is 0 Å². The van der Waals surface area contributed by atoms with Crippen molar-refractivity contribution >= 4 is 11.9 Å². The number of methoxy groups -OCH3 is 1. The molecule has 0 aliphatic carbocycles. The van der Waals surface area contributed by atoms with Crippen molar-refractivity contribution in [3.63, 3.8) is 0 Å². The predicted octanol–water partition coefficient (Wildman–Crippen LogP) is 0.243. The summed E-state index contributed by atoms with van der Waals surface area (Å²) in [4.78, 5) is 24.8. The van der Waals surface area contributed by atoms with E-state index in [4.69, 9.17) is 18.9 Å². The summed E-state index contributed by atoms with van der Waals surface area (Å²) in [6, 6.07) is 0. The van der Waals surface area contributed by atoms with Crippen LogP contribution in [-0.2, 0) is 28.5 Å². The Kier molecular flexibility index (Phi) is 5.48. The van der Waals surface area contributed by atoms with Gasteiger partial charge in [0, 0.05) is 25.5 Å². The van der Waals surface area contributed by atoms with E-state index in [1.54, 1.807) is 13.0 Å². The molecule has 4 unspecified atom stereocenters. The van der Waals surface area contributed by atoms with E-state index in [-0.39, 0.29) is 41.9 Å². The summed E-state index contributed by atoms with van der Waals surface area (Å²) in [7, 11) is 1.40. The number of ether oxygens (including phenoxy) is 4. The molecule has 2 bridgehead atoms. The van der Waals surface area contributed by atoms with Crippen LogP contribution in [0.15, 0.2) is 35.1 Å². The predicted molar refractivity (Wildman–Crippen MR) is 98.1 cm³/mol. The fourth-order valence-electron chi connectivity index (χ4n) is 3.88. The molecule has 3 N–H and O–H groups in total. The minimum atomic E-state index is -1.90. The first-order valence-corrected chi connectivity index (χ1v) is 9.27. The molecule has 0 radical (unpaired) electrons. The Bertz CT molecular complexity index is 809. The zero-order valence-corrected chi connectivity index (χ0v) is 16.7. The Morgan fingerprint density at radius 3 is 2.66 bits per heavy atom. The highest BCUT2D eigenvalue weighted by Gasteiger charge is 2.58. The van der Waals surface area contributed by atoms with Crippen LogP contribution < -0.4 is 0 Å². The molecule has 160 valence electrons. The smallest absolute Gasteiger partial charge is 0.342 e. The largest absolute Gasteiger partial charge is 0.454 e. The van der Waals surface area contributed by atoms with Crippen LogP contribution in [0.3, 0.4) is 0 Å². The molecule has 3 rings (SSSR count). The lowest BCUT2D eigenvalue weighted by Crippen LogP contribution is -2.54. The normalized spacial score (nSPS) is 36.6. The minimum absolute atomic E-state index is 0.107. The number of aliphatic hydroxyl groups excluding tert-OH is 1. The first kappa shape index (κ1) is 21.7. The maximum absolute atomic E-state index is 12.4. The number of fused-ring (bicyclic) bond motifs is 3. The van der Waals surface area contributed by atoms with Gasteiger partial charge in [0.25, 0.3) is 0 Å². The van der Waals surface area contributed by atoms with E-state index >= 15 is 0 Å². The Morgan fingerprint density at radius 2 is 2.03 bits per heavy atom. The lowest BCUT2D eigenvalue weighted by Gasteiger charge is -2.40. The van der Waals surface area contributed by atoms with Gasteiger partial charge in [0.15, 0.2) is 5.79 Å². The lowest BCUT2D eigenvalue weighted by molar-refractivity contribution is -0.298. The topological polar surface area (TPSA) is 132 Å². The molecule has 3 aliphatic heterocycles. The summed E-state index contributed by atoms with van der Waals surface area (Å²) in [5, 5.41) is 31.3. The highest BCUT2D eigenvalue weighted by Crippen LogP contribution is 2.49. The van der Waals surface area contributed by atoms with E-state index in [0.717, 1.165) is 0 Å². The zero-order chi connectivity index (χ0) is 21.6. The van der Waals surface area contributed by atoms with Crippen LogP contribution in [0, 0.1) is 0 Å². The van der Waals surface area contributed by atoms with Crippen molar-refractivity contribution in [3.05, 3.63) is 35.1 Å². The Labute approximate surface area is 168 Å². The lowest BCUT2D eigenvalue weighted by atomic mass is 9.82. The molecule has 1 saturated heterocycles. The average molecular weight is 410 g/mol. The summed E-state index contributed by atoms with van der Waals surface area (Å²) >= 11 is 0. The first-order valence-electron chi connectivity index (χ1n) is 9.27. The molecule has 0 saturated carbocycles.